The van der Waals surface area contributed by atoms with Gasteiger partial charge in [-0.1, -0.05) is 54.1 Å². The summed E-state index contributed by atoms with van der Waals surface area (Å²) in [7, 11) is 0. The maximum atomic E-state index is 13.0. The lowest BCUT2D eigenvalue weighted by molar-refractivity contribution is -0.384. The van der Waals surface area contributed by atoms with E-state index in [4.69, 9.17) is 16.0 Å². The van der Waals surface area contributed by atoms with E-state index in [1.165, 1.54) is 29.2 Å². The van der Waals surface area contributed by atoms with Crippen molar-refractivity contribution in [1.29, 1.82) is 0 Å². The van der Waals surface area contributed by atoms with Crippen molar-refractivity contribution in [2.75, 3.05) is 0 Å². The Balaban J connectivity index is 1.38. The molecule has 9 heteroatoms. The third-order valence-electron chi connectivity index (χ3n) is 5.41. The fraction of sp³-hybridized carbons (Fsp3) is 0.0400. The molecule has 7 nitrogen and oxygen atoms in total. The molecular weight excluding hydrogens is 476 g/mol. The average molecular weight is 491 g/mol. The van der Waals surface area contributed by atoms with Gasteiger partial charge >= 0.3 is 0 Å². The van der Waals surface area contributed by atoms with Gasteiger partial charge in [0, 0.05) is 23.8 Å². The fourth-order valence-electron chi connectivity index (χ4n) is 3.76. The minimum Gasteiger partial charge on any atom is -0.457 e. The van der Waals surface area contributed by atoms with Crippen LogP contribution in [0.1, 0.15) is 11.3 Å². The van der Waals surface area contributed by atoms with Crippen molar-refractivity contribution in [2.24, 2.45) is 0 Å². The molecule has 4 aromatic rings. The van der Waals surface area contributed by atoms with E-state index in [0.717, 1.165) is 28.1 Å². The van der Waals surface area contributed by atoms with Crippen LogP contribution in [0.3, 0.4) is 0 Å². The summed E-state index contributed by atoms with van der Waals surface area (Å²) in [4.78, 5) is 37.4. The number of halogens is 1. The molecule has 0 spiro atoms. The number of fused-ring (bicyclic) bond motifs is 1. The van der Waals surface area contributed by atoms with Crippen LogP contribution in [0.25, 0.3) is 28.2 Å². The van der Waals surface area contributed by atoms with Crippen LogP contribution in [0.4, 0.5) is 10.5 Å². The summed E-state index contributed by atoms with van der Waals surface area (Å²) in [6.07, 6.45) is 1.51. The number of hydrogen-bond donors (Lipinski definition) is 0. The Morgan fingerprint density at radius 3 is 2.62 bits per heavy atom. The second-order valence-electron chi connectivity index (χ2n) is 7.53. The minimum absolute atomic E-state index is 0.125. The Kier molecular flexibility index (Phi) is 5.69. The first-order chi connectivity index (χ1) is 16.4. The number of carbonyl (C=O) groups excluding carboxylic acids is 2. The fourth-order valence-corrected chi connectivity index (χ4v) is 4.85. The third kappa shape index (κ3) is 4.09. The molecule has 1 aliphatic heterocycles. The molecule has 0 saturated carbocycles. The SMILES string of the molecule is O=C1S/C(=C/c2ccc(-c3ccc([N+](=O)[O-])cc3Cl)o2)C(=O)N1Cc1cccc2ccccc12. The van der Waals surface area contributed by atoms with Crippen molar-refractivity contribution in [1.82, 2.24) is 4.90 Å². The predicted molar refractivity (Wildman–Crippen MR) is 131 cm³/mol. The lowest BCUT2D eigenvalue weighted by Gasteiger charge is -2.14. The van der Waals surface area contributed by atoms with Crippen molar-refractivity contribution in [3.63, 3.8) is 0 Å². The van der Waals surface area contributed by atoms with Gasteiger partial charge in [-0.05, 0) is 46.3 Å². The summed E-state index contributed by atoms with van der Waals surface area (Å²) in [6.45, 7) is 0.172. The quantitative estimate of drug-likeness (QED) is 0.171. The minimum atomic E-state index is -0.530. The summed E-state index contributed by atoms with van der Waals surface area (Å²) < 4.78 is 5.78. The smallest absolute Gasteiger partial charge is 0.293 e. The Morgan fingerprint density at radius 2 is 1.82 bits per heavy atom. The molecule has 0 bridgehead atoms. The van der Waals surface area contributed by atoms with Crippen LogP contribution in [0.2, 0.25) is 5.02 Å². The number of furan rings is 1. The predicted octanol–water partition coefficient (Wildman–Crippen LogP) is 6.90. The van der Waals surface area contributed by atoms with Gasteiger partial charge in [-0.15, -0.1) is 0 Å². The third-order valence-corrected chi connectivity index (χ3v) is 6.63. The van der Waals surface area contributed by atoms with Gasteiger partial charge in [0.05, 0.1) is 21.4 Å². The molecular formula is C25H15ClN2O5S. The first-order valence-corrected chi connectivity index (χ1v) is 11.4. The highest BCUT2D eigenvalue weighted by atomic mass is 35.5. The van der Waals surface area contributed by atoms with Gasteiger partial charge in [0.2, 0.25) is 0 Å². The monoisotopic (exact) mass is 490 g/mol. The van der Waals surface area contributed by atoms with Crippen LogP contribution in [0, 0.1) is 10.1 Å². The van der Waals surface area contributed by atoms with Crippen molar-refractivity contribution in [3.8, 4) is 11.3 Å². The number of imide groups is 1. The summed E-state index contributed by atoms with van der Waals surface area (Å²) in [6, 6.07) is 21.0. The molecule has 3 aromatic carbocycles. The number of carbonyl (C=O) groups is 2. The molecule has 0 unspecified atom stereocenters. The molecule has 0 aliphatic carbocycles. The van der Waals surface area contributed by atoms with Crippen molar-refractivity contribution in [2.45, 2.75) is 6.54 Å². The van der Waals surface area contributed by atoms with Gasteiger partial charge in [-0.25, -0.2) is 0 Å². The van der Waals surface area contributed by atoms with E-state index < -0.39 is 10.8 Å². The first-order valence-electron chi connectivity index (χ1n) is 10.2. The van der Waals surface area contributed by atoms with Crippen LogP contribution < -0.4 is 0 Å². The van der Waals surface area contributed by atoms with Gasteiger partial charge in [0.25, 0.3) is 16.8 Å². The molecule has 0 radical (unpaired) electrons. The molecule has 2 heterocycles. The normalized spacial score (nSPS) is 15.0. The number of nitrogens with zero attached hydrogens (tertiary/aromatic N) is 2. The number of nitro groups is 1. The molecule has 0 N–H and O–H groups in total. The van der Waals surface area contributed by atoms with Crippen LogP contribution in [-0.2, 0) is 11.3 Å². The topological polar surface area (TPSA) is 93.7 Å². The number of thioether (sulfide) groups is 1. The lowest BCUT2D eigenvalue weighted by Crippen LogP contribution is -2.27. The van der Waals surface area contributed by atoms with Gasteiger partial charge in [0.1, 0.15) is 11.5 Å². The summed E-state index contributed by atoms with van der Waals surface area (Å²) in [5, 5.41) is 12.8. The van der Waals surface area contributed by atoms with Gasteiger partial charge < -0.3 is 4.42 Å². The highest BCUT2D eigenvalue weighted by molar-refractivity contribution is 8.18. The lowest BCUT2D eigenvalue weighted by atomic mass is 10.0. The van der Waals surface area contributed by atoms with Gasteiger partial charge in [-0.3, -0.25) is 24.6 Å². The van der Waals surface area contributed by atoms with E-state index in [1.807, 2.05) is 42.5 Å². The second-order valence-corrected chi connectivity index (χ2v) is 8.93. The first kappa shape index (κ1) is 21.9. The molecule has 5 rings (SSSR count). The number of rotatable bonds is 5. The molecule has 1 aliphatic rings. The molecule has 1 saturated heterocycles. The highest BCUT2D eigenvalue weighted by Crippen LogP contribution is 2.36. The number of non-ortho nitro benzene ring substituents is 1. The summed E-state index contributed by atoms with van der Waals surface area (Å²) in [5.74, 6) is 0.357. The molecule has 168 valence electrons. The van der Waals surface area contributed by atoms with E-state index in [-0.39, 0.29) is 27.4 Å². The molecule has 1 aromatic heterocycles. The number of nitro benzene ring substituents is 1. The maximum absolute atomic E-state index is 13.0. The van der Waals surface area contributed by atoms with Crippen molar-refractivity contribution >= 4 is 57.0 Å². The van der Waals surface area contributed by atoms with E-state index in [2.05, 4.69) is 0 Å². The standard InChI is InChI=1S/C25H15ClN2O5S/c26-21-12-17(28(31)32)8-10-20(21)22-11-9-18(33-22)13-23-24(29)27(25(30)34-23)14-16-6-3-5-15-4-1-2-7-19(15)16/h1-13H,14H2/b23-13+. The summed E-state index contributed by atoms with van der Waals surface area (Å²) in [5.41, 5.74) is 1.24. The Morgan fingerprint density at radius 1 is 1.03 bits per heavy atom. The number of benzene rings is 3. The van der Waals surface area contributed by atoms with Crippen LogP contribution in [0.15, 0.2) is 82.1 Å². The van der Waals surface area contributed by atoms with Crippen LogP contribution >= 0.6 is 23.4 Å². The Hall–Kier alpha value is -3.88. The molecule has 0 atom stereocenters. The largest absolute Gasteiger partial charge is 0.457 e. The molecule has 1 fully saturated rings. The van der Waals surface area contributed by atoms with Gasteiger partial charge in [-0.2, -0.15) is 0 Å². The Bertz CT molecular complexity index is 1500. The average Bonchev–Trinajstić information content (AvgIpc) is 3.39. The van der Waals surface area contributed by atoms with Crippen LogP contribution in [0.5, 0.6) is 0 Å². The zero-order chi connectivity index (χ0) is 23.8. The Labute approximate surface area is 202 Å². The summed E-state index contributed by atoms with van der Waals surface area (Å²) >= 11 is 7.03. The second kappa shape index (κ2) is 8.81. The number of hydrogen-bond acceptors (Lipinski definition) is 6. The van der Waals surface area contributed by atoms with E-state index in [0.29, 0.717) is 17.1 Å². The molecule has 2 amide bonds. The zero-order valence-electron chi connectivity index (χ0n) is 17.4. The highest BCUT2D eigenvalue weighted by Gasteiger charge is 2.35. The molecule has 34 heavy (non-hydrogen) atoms. The van der Waals surface area contributed by atoms with E-state index in [1.54, 1.807) is 12.1 Å². The van der Waals surface area contributed by atoms with Crippen molar-refractivity contribution in [3.05, 3.63) is 104 Å². The van der Waals surface area contributed by atoms with Crippen LogP contribution in [-0.4, -0.2) is 21.0 Å². The zero-order valence-corrected chi connectivity index (χ0v) is 19.0. The van der Waals surface area contributed by atoms with Crippen molar-refractivity contribution < 1.29 is 18.9 Å². The number of amides is 2. The van der Waals surface area contributed by atoms with E-state index >= 15 is 0 Å². The van der Waals surface area contributed by atoms with E-state index in [9.17, 15) is 19.7 Å². The van der Waals surface area contributed by atoms with Gasteiger partial charge in [0.15, 0.2) is 0 Å². The maximum Gasteiger partial charge on any atom is 0.293 e.